The van der Waals surface area contributed by atoms with Crippen LogP contribution in [0.5, 0.6) is 0 Å². The normalized spacial score (nSPS) is 20.6. The van der Waals surface area contributed by atoms with E-state index >= 15 is 0 Å². The third-order valence-corrected chi connectivity index (χ3v) is 4.09. The molecule has 1 saturated heterocycles. The molecule has 0 bridgehead atoms. The zero-order valence-corrected chi connectivity index (χ0v) is 12.3. The van der Waals surface area contributed by atoms with Crippen molar-refractivity contribution >= 4 is 18.4 Å². The number of hydrogen-bond acceptors (Lipinski definition) is 3. The van der Waals surface area contributed by atoms with Crippen molar-refractivity contribution < 1.29 is 14.1 Å². The molecule has 0 aromatic heterocycles. The average Bonchev–Trinajstić information content (AvgIpc) is 2.57. The molecule has 19 heavy (non-hydrogen) atoms. The lowest BCUT2D eigenvalue weighted by Crippen LogP contribution is -2.41. The Bertz CT molecular complexity index is 478. The molecular formula is C15H21BO3. The van der Waals surface area contributed by atoms with Crippen LogP contribution in [0.2, 0.25) is 0 Å². The summed E-state index contributed by atoms with van der Waals surface area (Å²) in [6, 6.07) is 7.53. The van der Waals surface area contributed by atoms with E-state index in [4.69, 9.17) is 9.31 Å². The van der Waals surface area contributed by atoms with Crippen LogP contribution in [-0.2, 0) is 9.31 Å². The Morgan fingerprint density at radius 1 is 1.11 bits per heavy atom. The number of carbonyl (C=O) groups is 1. The summed E-state index contributed by atoms with van der Waals surface area (Å²) in [5.74, 6) is 0.116. The Kier molecular flexibility index (Phi) is 3.58. The van der Waals surface area contributed by atoms with Gasteiger partial charge in [0, 0.05) is 12.0 Å². The van der Waals surface area contributed by atoms with Gasteiger partial charge in [0.2, 0.25) is 0 Å². The van der Waals surface area contributed by atoms with E-state index in [0.29, 0.717) is 12.0 Å². The second kappa shape index (κ2) is 4.76. The van der Waals surface area contributed by atoms with Crippen molar-refractivity contribution in [1.29, 1.82) is 0 Å². The number of hydrogen-bond donors (Lipinski definition) is 0. The summed E-state index contributed by atoms with van der Waals surface area (Å²) in [4.78, 5) is 12.0. The van der Waals surface area contributed by atoms with Gasteiger partial charge < -0.3 is 9.31 Å². The fraction of sp³-hybridized carbons (Fsp3) is 0.533. The molecule has 0 radical (unpaired) electrons. The van der Waals surface area contributed by atoms with Gasteiger partial charge in [-0.25, -0.2) is 0 Å². The second-order valence-electron chi connectivity index (χ2n) is 5.95. The standard InChI is InChI=1S/C15H21BO3/c1-6-13(17)11-9-7-8-10-12(11)16-18-14(2,3)15(4,5)19-16/h7-10H,6H2,1-5H3. The van der Waals surface area contributed by atoms with E-state index in [9.17, 15) is 4.79 Å². The van der Waals surface area contributed by atoms with Crippen LogP contribution < -0.4 is 5.46 Å². The first kappa shape index (κ1) is 14.3. The number of rotatable bonds is 3. The van der Waals surface area contributed by atoms with Gasteiger partial charge in [-0.1, -0.05) is 31.2 Å². The van der Waals surface area contributed by atoms with Crippen LogP contribution in [0.1, 0.15) is 51.4 Å². The van der Waals surface area contributed by atoms with Gasteiger partial charge in [0.15, 0.2) is 5.78 Å². The van der Waals surface area contributed by atoms with Crippen LogP contribution >= 0.6 is 0 Å². The summed E-state index contributed by atoms with van der Waals surface area (Å²) in [7, 11) is -0.475. The van der Waals surface area contributed by atoms with Gasteiger partial charge in [-0.05, 0) is 33.2 Å². The zero-order chi connectivity index (χ0) is 14.3. The Hall–Kier alpha value is -1.13. The molecule has 0 spiro atoms. The monoisotopic (exact) mass is 260 g/mol. The molecule has 1 aliphatic heterocycles. The SMILES string of the molecule is CCC(=O)c1ccccc1B1OC(C)(C)C(C)(C)O1. The van der Waals surface area contributed by atoms with E-state index in [2.05, 4.69) is 0 Å². The van der Waals surface area contributed by atoms with E-state index in [1.807, 2.05) is 58.9 Å². The molecular weight excluding hydrogens is 239 g/mol. The van der Waals surface area contributed by atoms with E-state index in [1.54, 1.807) is 0 Å². The van der Waals surface area contributed by atoms with Crippen LogP contribution in [0, 0.1) is 0 Å². The Morgan fingerprint density at radius 3 is 2.16 bits per heavy atom. The maximum atomic E-state index is 12.0. The highest BCUT2D eigenvalue weighted by Crippen LogP contribution is 2.36. The van der Waals surface area contributed by atoms with Crippen LogP contribution in [0.4, 0.5) is 0 Å². The average molecular weight is 260 g/mol. The maximum Gasteiger partial charge on any atom is 0.495 e. The predicted molar refractivity (Wildman–Crippen MR) is 76.8 cm³/mol. The molecule has 102 valence electrons. The first-order chi connectivity index (χ1) is 8.78. The number of benzene rings is 1. The predicted octanol–water partition coefficient (Wildman–Crippen LogP) is 2.58. The topological polar surface area (TPSA) is 35.5 Å². The van der Waals surface area contributed by atoms with E-state index < -0.39 is 7.12 Å². The highest BCUT2D eigenvalue weighted by molar-refractivity contribution is 6.63. The highest BCUT2D eigenvalue weighted by Gasteiger charge is 2.52. The molecule has 0 unspecified atom stereocenters. The summed E-state index contributed by atoms with van der Waals surface area (Å²) >= 11 is 0. The van der Waals surface area contributed by atoms with E-state index in [1.165, 1.54) is 0 Å². The Balaban J connectivity index is 2.37. The van der Waals surface area contributed by atoms with E-state index in [0.717, 1.165) is 5.46 Å². The van der Waals surface area contributed by atoms with E-state index in [-0.39, 0.29) is 17.0 Å². The minimum atomic E-state index is -0.475. The third-order valence-electron chi connectivity index (χ3n) is 4.09. The molecule has 2 rings (SSSR count). The Labute approximate surface area is 115 Å². The van der Waals surface area contributed by atoms with Crippen molar-refractivity contribution in [1.82, 2.24) is 0 Å². The van der Waals surface area contributed by atoms with Crippen molar-refractivity contribution in [2.45, 2.75) is 52.2 Å². The largest absolute Gasteiger partial charge is 0.495 e. The summed E-state index contributed by atoms with van der Waals surface area (Å²) < 4.78 is 12.0. The molecule has 0 aliphatic carbocycles. The van der Waals surface area contributed by atoms with Crippen LogP contribution in [0.25, 0.3) is 0 Å². The number of Topliss-reactive ketones (excluding diaryl/α,β-unsaturated/α-hetero) is 1. The van der Waals surface area contributed by atoms with Crippen molar-refractivity contribution in [3.8, 4) is 0 Å². The van der Waals surface area contributed by atoms with Crippen molar-refractivity contribution in [2.24, 2.45) is 0 Å². The fourth-order valence-electron chi connectivity index (χ4n) is 2.12. The van der Waals surface area contributed by atoms with Crippen molar-refractivity contribution in [3.05, 3.63) is 29.8 Å². The lowest BCUT2D eigenvalue weighted by Gasteiger charge is -2.32. The molecule has 0 atom stereocenters. The van der Waals surface area contributed by atoms with Crippen LogP contribution in [-0.4, -0.2) is 24.1 Å². The Morgan fingerprint density at radius 2 is 1.63 bits per heavy atom. The zero-order valence-electron chi connectivity index (χ0n) is 12.3. The van der Waals surface area contributed by atoms with Gasteiger partial charge in [-0.3, -0.25) is 4.79 Å². The fourth-order valence-corrected chi connectivity index (χ4v) is 2.12. The van der Waals surface area contributed by atoms with Gasteiger partial charge in [0.25, 0.3) is 0 Å². The second-order valence-corrected chi connectivity index (χ2v) is 5.95. The minimum absolute atomic E-state index is 0.116. The molecule has 3 nitrogen and oxygen atoms in total. The maximum absolute atomic E-state index is 12.0. The van der Waals surface area contributed by atoms with Gasteiger partial charge in [0.05, 0.1) is 11.2 Å². The summed E-state index contributed by atoms with van der Waals surface area (Å²) in [5, 5.41) is 0. The summed E-state index contributed by atoms with van der Waals surface area (Å²) in [6.45, 7) is 9.91. The minimum Gasteiger partial charge on any atom is -0.399 e. The van der Waals surface area contributed by atoms with Gasteiger partial charge in [-0.15, -0.1) is 0 Å². The first-order valence-corrected chi connectivity index (χ1v) is 6.76. The first-order valence-electron chi connectivity index (χ1n) is 6.76. The molecule has 1 aromatic rings. The van der Waals surface area contributed by atoms with Crippen LogP contribution in [0.3, 0.4) is 0 Å². The van der Waals surface area contributed by atoms with Gasteiger partial charge in [-0.2, -0.15) is 0 Å². The van der Waals surface area contributed by atoms with Gasteiger partial charge in [0.1, 0.15) is 0 Å². The number of carbonyl (C=O) groups excluding carboxylic acids is 1. The third kappa shape index (κ3) is 2.47. The molecule has 1 aliphatic rings. The molecule has 0 N–H and O–H groups in total. The molecule has 1 heterocycles. The van der Waals surface area contributed by atoms with Crippen LogP contribution in [0.15, 0.2) is 24.3 Å². The van der Waals surface area contributed by atoms with Crippen molar-refractivity contribution in [2.75, 3.05) is 0 Å². The lowest BCUT2D eigenvalue weighted by atomic mass is 9.75. The quantitative estimate of drug-likeness (QED) is 0.619. The summed E-state index contributed by atoms with van der Waals surface area (Å²) in [5.41, 5.74) is 0.747. The van der Waals surface area contributed by atoms with Crippen molar-refractivity contribution in [3.63, 3.8) is 0 Å². The molecule has 1 fully saturated rings. The molecule has 0 amide bonds. The summed E-state index contributed by atoms with van der Waals surface area (Å²) in [6.07, 6.45) is 0.483. The number of ketones is 1. The van der Waals surface area contributed by atoms with Gasteiger partial charge >= 0.3 is 7.12 Å². The highest BCUT2D eigenvalue weighted by atomic mass is 16.7. The molecule has 0 saturated carbocycles. The molecule has 4 heteroatoms. The smallest absolute Gasteiger partial charge is 0.399 e. The lowest BCUT2D eigenvalue weighted by molar-refractivity contribution is 0.00578. The molecule has 1 aromatic carbocycles.